The molecule has 1 aromatic rings. The van der Waals surface area contributed by atoms with Gasteiger partial charge in [-0.2, -0.15) is 11.8 Å². The summed E-state index contributed by atoms with van der Waals surface area (Å²) in [5.41, 5.74) is 6.53. The molecule has 1 aliphatic heterocycles. The molecule has 13 nitrogen and oxygen atoms in total. The van der Waals surface area contributed by atoms with Crippen molar-refractivity contribution < 1.29 is 33.9 Å². The number of hydrogen-bond donors (Lipinski definition) is 6. The smallest absolute Gasteiger partial charge is 0.254 e. The van der Waals surface area contributed by atoms with Crippen LogP contribution in [0.25, 0.3) is 0 Å². The molecule has 0 bridgehead atoms. The summed E-state index contributed by atoms with van der Waals surface area (Å²) in [5, 5.41) is 23.0. The average Bonchev–Trinajstić information content (AvgIpc) is 3.64. The van der Waals surface area contributed by atoms with Crippen molar-refractivity contribution in [3.63, 3.8) is 0 Å². The van der Waals surface area contributed by atoms with Gasteiger partial charge in [0.2, 0.25) is 29.5 Å². The minimum Gasteiger partial charge on any atom is -0.381 e. The maximum atomic E-state index is 14.1. The molecule has 2 fully saturated rings. The molecule has 1 aromatic carbocycles. The molecule has 6 amide bonds. The molecule has 1 saturated carbocycles. The van der Waals surface area contributed by atoms with Crippen LogP contribution in [0.4, 0.5) is 0 Å². The number of thioether (sulfide) groups is 1. The Hall–Kier alpha value is -3.65. The molecule has 1 heterocycles. The van der Waals surface area contributed by atoms with E-state index in [1.807, 2.05) is 50.4 Å². The number of aliphatic hydroxyl groups excluding tert-OH is 1. The van der Waals surface area contributed by atoms with Crippen molar-refractivity contribution in [3.05, 3.63) is 35.9 Å². The highest BCUT2D eigenvalue weighted by Crippen LogP contribution is 2.29. The fourth-order valence-electron chi connectivity index (χ4n) is 7.26. The Bertz CT molecular complexity index is 1380. The SMILES string of the molecule is CC[C@@H](C)[C@H](NC(=O)[C@@H]1CCCN1C(=O)[C@@H](O)[C@H](CC1CCCCC1)NC(=O)[C@H](CSC)NC(=O)CCc1ccccc1)C(=O)N[C@H](C(N)=O)C(C)C. The predicted molar refractivity (Wildman–Crippen MR) is 206 cm³/mol. The number of rotatable bonds is 20. The standard InChI is InChI=1S/C39H62N6O7S/c1-6-25(4)33(38(51)43-32(24(2)3)35(40)48)44-37(50)30-18-13-21-45(30)39(52)34(47)28(22-27-16-11-8-12-17-27)42-36(49)29(23-53-5)41-31(46)20-19-26-14-9-7-10-15-26/h7,9-10,14-15,24-25,27-30,32-34,47H,6,8,11-13,16-23H2,1-5H3,(H2,40,48)(H,41,46)(H,42,49)(H,43,51)(H,44,50)/t25-,28+,29+,30+,32+,33+,34+/m1/s1. The van der Waals surface area contributed by atoms with Crippen LogP contribution in [0.3, 0.4) is 0 Å². The molecule has 0 unspecified atom stereocenters. The van der Waals surface area contributed by atoms with E-state index in [4.69, 9.17) is 5.73 Å². The number of aliphatic hydroxyl groups is 1. The zero-order chi connectivity index (χ0) is 39.1. The number of benzene rings is 1. The van der Waals surface area contributed by atoms with Crippen molar-refractivity contribution in [2.75, 3.05) is 18.6 Å². The highest BCUT2D eigenvalue weighted by molar-refractivity contribution is 7.98. The second kappa shape index (κ2) is 21.9. The normalized spacial score (nSPS) is 19.7. The Kier molecular flexibility index (Phi) is 18.1. The van der Waals surface area contributed by atoms with E-state index < -0.39 is 65.8 Å². The highest BCUT2D eigenvalue weighted by atomic mass is 32.2. The van der Waals surface area contributed by atoms with Crippen LogP contribution >= 0.6 is 11.8 Å². The van der Waals surface area contributed by atoms with Gasteiger partial charge in [-0.25, -0.2) is 0 Å². The number of carbonyl (C=O) groups excluding carboxylic acids is 6. The summed E-state index contributed by atoms with van der Waals surface area (Å²) in [4.78, 5) is 81.2. The Morgan fingerprint density at radius 3 is 2.17 bits per heavy atom. The van der Waals surface area contributed by atoms with Gasteiger partial charge >= 0.3 is 0 Å². The molecule has 2 aliphatic rings. The van der Waals surface area contributed by atoms with Gasteiger partial charge in [0.25, 0.3) is 5.91 Å². The predicted octanol–water partition coefficient (Wildman–Crippen LogP) is 2.43. The molecule has 1 aliphatic carbocycles. The number of nitrogens with two attached hydrogens (primary N) is 1. The third-order valence-corrected chi connectivity index (χ3v) is 11.3. The largest absolute Gasteiger partial charge is 0.381 e. The summed E-state index contributed by atoms with van der Waals surface area (Å²) in [6, 6.07) is 4.97. The van der Waals surface area contributed by atoms with Crippen LogP contribution in [-0.4, -0.2) is 100 Å². The topological polar surface area (TPSA) is 200 Å². The van der Waals surface area contributed by atoms with Crippen molar-refractivity contribution in [3.8, 4) is 0 Å². The van der Waals surface area contributed by atoms with Gasteiger partial charge in [0, 0.05) is 18.7 Å². The fraction of sp³-hybridized carbons (Fsp3) is 0.692. The van der Waals surface area contributed by atoms with Gasteiger partial charge < -0.3 is 37.0 Å². The number of nitrogens with zero attached hydrogens (tertiary/aromatic N) is 1. The zero-order valence-electron chi connectivity index (χ0n) is 32.1. The Morgan fingerprint density at radius 2 is 1.57 bits per heavy atom. The minimum atomic E-state index is -1.63. The lowest BCUT2D eigenvalue weighted by atomic mass is 9.83. The van der Waals surface area contributed by atoms with Crippen LogP contribution in [0.5, 0.6) is 0 Å². The van der Waals surface area contributed by atoms with E-state index >= 15 is 0 Å². The number of nitrogens with one attached hydrogen (secondary N) is 4. The minimum absolute atomic E-state index is 0.193. The Labute approximate surface area is 319 Å². The van der Waals surface area contributed by atoms with Crippen LogP contribution in [0.2, 0.25) is 0 Å². The molecule has 7 N–H and O–H groups in total. The van der Waals surface area contributed by atoms with Crippen LogP contribution in [0.15, 0.2) is 30.3 Å². The molecular weight excluding hydrogens is 697 g/mol. The number of likely N-dealkylation sites (tertiary alicyclic amines) is 1. The van der Waals surface area contributed by atoms with Crippen molar-refractivity contribution in [2.24, 2.45) is 23.5 Å². The first kappa shape index (κ1) is 43.8. The van der Waals surface area contributed by atoms with Crippen LogP contribution in [0.1, 0.15) is 97.5 Å². The van der Waals surface area contributed by atoms with E-state index in [2.05, 4.69) is 21.3 Å². The summed E-state index contributed by atoms with van der Waals surface area (Å²) in [5.74, 6) is -3.22. The van der Waals surface area contributed by atoms with Crippen molar-refractivity contribution in [1.82, 2.24) is 26.2 Å². The molecule has 0 radical (unpaired) electrons. The van der Waals surface area contributed by atoms with E-state index in [0.29, 0.717) is 37.9 Å². The number of primary amides is 1. The van der Waals surface area contributed by atoms with Crippen molar-refractivity contribution in [2.45, 2.75) is 135 Å². The first-order chi connectivity index (χ1) is 25.3. The summed E-state index contributed by atoms with van der Waals surface area (Å²) in [6.07, 6.45) is 7.71. The van der Waals surface area contributed by atoms with E-state index in [9.17, 15) is 33.9 Å². The van der Waals surface area contributed by atoms with Gasteiger partial charge in [-0.3, -0.25) is 28.8 Å². The molecule has 1 saturated heterocycles. The van der Waals surface area contributed by atoms with Gasteiger partial charge in [0.05, 0.1) is 6.04 Å². The first-order valence-corrected chi connectivity index (χ1v) is 20.7. The van der Waals surface area contributed by atoms with Crippen LogP contribution < -0.4 is 27.0 Å². The van der Waals surface area contributed by atoms with Gasteiger partial charge in [-0.1, -0.05) is 96.6 Å². The summed E-state index contributed by atoms with van der Waals surface area (Å²) < 4.78 is 0. The summed E-state index contributed by atoms with van der Waals surface area (Å²) in [6.45, 7) is 7.44. The summed E-state index contributed by atoms with van der Waals surface area (Å²) in [7, 11) is 0. The zero-order valence-corrected chi connectivity index (χ0v) is 32.9. The Morgan fingerprint density at radius 1 is 0.887 bits per heavy atom. The molecule has 0 spiro atoms. The molecule has 3 rings (SSSR count). The number of carbonyl (C=O) groups is 6. The second-order valence-electron chi connectivity index (χ2n) is 15.1. The average molecular weight is 759 g/mol. The quantitative estimate of drug-likeness (QED) is 0.117. The van der Waals surface area contributed by atoms with Gasteiger partial charge in [-0.15, -0.1) is 0 Å². The number of hydrogen-bond acceptors (Lipinski definition) is 8. The monoisotopic (exact) mass is 758 g/mol. The molecular formula is C39H62N6O7S. The van der Waals surface area contributed by atoms with E-state index in [1.54, 1.807) is 13.8 Å². The molecule has 0 aromatic heterocycles. The van der Waals surface area contributed by atoms with Crippen molar-refractivity contribution >= 4 is 47.2 Å². The van der Waals surface area contributed by atoms with E-state index in [-0.39, 0.29) is 36.6 Å². The fourth-order valence-corrected chi connectivity index (χ4v) is 7.82. The number of aryl methyl sites for hydroxylation is 1. The number of amides is 6. The molecule has 53 heavy (non-hydrogen) atoms. The van der Waals surface area contributed by atoms with E-state index in [0.717, 1.165) is 37.7 Å². The van der Waals surface area contributed by atoms with E-state index in [1.165, 1.54) is 16.7 Å². The Balaban J connectivity index is 1.75. The molecule has 7 atom stereocenters. The van der Waals surface area contributed by atoms with Gasteiger partial charge in [0.15, 0.2) is 6.10 Å². The van der Waals surface area contributed by atoms with Crippen LogP contribution in [0, 0.1) is 17.8 Å². The first-order valence-electron chi connectivity index (χ1n) is 19.3. The lowest BCUT2D eigenvalue weighted by Gasteiger charge is -2.34. The van der Waals surface area contributed by atoms with Gasteiger partial charge in [0.1, 0.15) is 24.2 Å². The molecule has 14 heteroatoms. The third kappa shape index (κ3) is 13.3. The van der Waals surface area contributed by atoms with Crippen LogP contribution in [-0.2, 0) is 35.2 Å². The highest BCUT2D eigenvalue weighted by Gasteiger charge is 2.42. The maximum absolute atomic E-state index is 14.1. The van der Waals surface area contributed by atoms with Gasteiger partial charge in [-0.05, 0) is 55.3 Å². The van der Waals surface area contributed by atoms with Crippen molar-refractivity contribution in [1.29, 1.82) is 0 Å². The lowest BCUT2D eigenvalue weighted by molar-refractivity contribution is -0.148. The lowest BCUT2D eigenvalue weighted by Crippen LogP contribution is -2.60. The molecule has 296 valence electrons. The second-order valence-corrected chi connectivity index (χ2v) is 16.0. The maximum Gasteiger partial charge on any atom is 0.254 e. The summed E-state index contributed by atoms with van der Waals surface area (Å²) >= 11 is 1.40. The third-order valence-electron chi connectivity index (χ3n) is 10.6.